The van der Waals surface area contributed by atoms with Gasteiger partial charge in [-0.1, -0.05) is 54.1 Å². The number of hydrogen-bond acceptors (Lipinski definition) is 6. The van der Waals surface area contributed by atoms with E-state index in [-0.39, 0.29) is 12.0 Å². The minimum absolute atomic E-state index is 0.0610. The molecule has 0 bridgehead atoms. The van der Waals surface area contributed by atoms with Gasteiger partial charge in [-0.2, -0.15) is 0 Å². The van der Waals surface area contributed by atoms with E-state index in [1.165, 1.54) is 0 Å². The van der Waals surface area contributed by atoms with Crippen molar-refractivity contribution in [2.75, 3.05) is 12.4 Å². The van der Waals surface area contributed by atoms with Gasteiger partial charge in [0.15, 0.2) is 11.6 Å². The number of aryl methyl sites for hydroxylation is 1. The highest BCUT2D eigenvalue weighted by atomic mass is 35.5. The lowest BCUT2D eigenvalue weighted by Gasteiger charge is -2.16. The summed E-state index contributed by atoms with van der Waals surface area (Å²) < 4.78 is 9.28. The smallest absolute Gasteiger partial charge is 0.218 e. The number of fused-ring (bicyclic) bond motifs is 1. The predicted molar refractivity (Wildman–Crippen MR) is 148 cm³/mol. The fourth-order valence-electron chi connectivity index (χ4n) is 5.30. The van der Waals surface area contributed by atoms with Gasteiger partial charge >= 0.3 is 0 Å². The van der Waals surface area contributed by atoms with E-state index in [4.69, 9.17) is 26.4 Å². The number of anilines is 1. The number of carbonyl (C=O) groups is 1. The molecule has 1 aliphatic carbocycles. The molecule has 2 atom stereocenters. The van der Waals surface area contributed by atoms with E-state index in [2.05, 4.69) is 22.4 Å². The van der Waals surface area contributed by atoms with Crippen LogP contribution in [0.15, 0.2) is 67.1 Å². The number of imidazole rings is 1. The molecule has 1 fully saturated rings. The number of aldehydes is 1. The lowest BCUT2D eigenvalue weighted by molar-refractivity contribution is -0.110. The van der Waals surface area contributed by atoms with Crippen molar-refractivity contribution in [2.45, 2.75) is 25.3 Å². The third-order valence-electron chi connectivity index (χ3n) is 7.19. The molecular formula is C29H27ClN6O2. The molecule has 3 aromatic heterocycles. The Morgan fingerprint density at radius 2 is 1.95 bits per heavy atom. The highest BCUT2D eigenvalue weighted by Gasteiger charge is 2.28. The number of ether oxygens (including phenoxy) is 1. The normalized spacial score (nSPS) is 17.1. The molecule has 0 saturated heterocycles. The number of benzene rings is 2. The maximum atomic E-state index is 11.5. The number of methoxy groups -OCH3 is 1. The Kier molecular flexibility index (Phi) is 6.33. The first-order valence-electron chi connectivity index (χ1n) is 12.6. The third kappa shape index (κ3) is 4.20. The molecule has 0 spiro atoms. The Balaban J connectivity index is 1.63. The van der Waals surface area contributed by atoms with E-state index in [0.717, 1.165) is 53.3 Å². The maximum Gasteiger partial charge on any atom is 0.218 e. The van der Waals surface area contributed by atoms with E-state index in [1.807, 2.05) is 64.9 Å². The van der Waals surface area contributed by atoms with Crippen molar-refractivity contribution >= 4 is 29.2 Å². The summed E-state index contributed by atoms with van der Waals surface area (Å²) in [7, 11) is 3.53. The van der Waals surface area contributed by atoms with Crippen molar-refractivity contribution in [3.63, 3.8) is 0 Å². The molecule has 0 unspecified atom stereocenters. The minimum atomic E-state index is 0.0610. The zero-order valence-corrected chi connectivity index (χ0v) is 21.9. The Hall–Kier alpha value is -4.17. The average molecular weight is 527 g/mol. The molecule has 192 valence electrons. The number of nitrogens with one attached hydrogen (secondary N) is 1. The number of aromatic nitrogens is 5. The van der Waals surface area contributed by atoms with Gasteiger partial charge in [0.25, 0.3) is 0 Å². The molecule has 3 heterocycles. The zero-order valence-electron chi connectivity index (χ0n) is 21.1. The second kappa shape index (κ2) is 9.95. The molecular weight excluding hydrogens is 500 g/mol. The van der Waals surface area contributed by atoms with E-state index < -0.39 is 0 Å². The van der Waals surface area contributed by atoms with Crippen LogP contribution in [0.5, 0.6) is 5.75 Å². The van der Waals surface area contributed by atoms with Crippen LogP contribution in [0.1, 0.15) is 19.3 Å². The van der Waals surface area contributed by atoms with Gasteiger partial charge in [0.1, 0.15) is 17.6 Å². The number of rotatable bonds is 7. The van der Waals surface area contributed by atoms with E-state index in [0.29, 0.717) is 28.2 Å². The fraction of sp³-hybridized carbons (Fsp3) is 0.241. The van der Waals surface area contributed by atoms with Crippen LogP contribution in [0.25, 0.3) is 39.4 Å². The Labute approximate surface area is 225 Å². The monoisotopic (exact) mass is 526 g/mol. The summed E-state index contributed by atoms with van der Waals surface area (Å²) in [6.45, 7) is 0. The Morgan fingerprint density at radius 1 is 1.11 bits per heavy atom. The van der Waals surface area contributed by atoms with Crippen molar-refractivity contribution in [3.05, 3.63) is 72.1 Å². The molecule has 0 radical (unpaired) electrons. The zero-order chi connectivity index (χ0) is 26.2. The summed E-state index contributed by atoms with van der Waals surface area (Å²) in [5.74, 6) is 2.50. The van der Waals surface area contributed by atoms with Gasteiger partial charge in [-0.3, -0.25) is 0 Å². The highest BCUT2D eigenvalue weighted by Crippen LogP contribution is 2.44. The standard InChI is InChI=1S/C29H27ClN6O2/c1-35-14-13-31-29(35)28-33-27(32-20-12-11-18(15-20)17-37)26-24(19-7-4-3-5-8-19)22(16-36(26)34-28)21-9-6-10-23(38-2)25(21)30/h3-10,13-14,16-18,20H,11-12,15H2,1-2H3,(H,32,33,34)/t18-,20+/m0/s1. The quantitative estimate of drug-likeness (QED) is 0.265. The van der Waals surface area contributed by atoms with Gasteiger partial charge in [0, 0.05) is 54.3 Å². The second-order valence-electron chi connectivity index (χ2n) is 9.60. The van der Waals surface area contributed by atoms with Gasteiger partial charge in [-0.05, 0) is 30.9 Å². The summed E-state index contributed by atoms with van der Waals surface area (Å²) in [5, 5.41) is 9.09. The summed E-state index contributed by atoms with van der Waals surface area (Å²) in [4.78, 5) is 20.9. The van der Waals surface area contributed by atoms with Crippen LogP contribution >= 0.6 is 11.6 Å². The number of halogens is 1. The molecule has 38 heavy (non-hydrogen) atoms. The predicted octanol–water partition coefficient (Wildman–Crippen LogP) is 5.91. The van der Waals surface area contributed by atoms with Crippen LogP contribution in [0.3, 0.4) is 0 Å². The summed E-state index contributed by atoms with van der Waals surface area (Å²) >= 11 is 6.84. The van der Waals surface area contributed by atoms with Gasteiger partial charge in [-0.25, -0.2) is 14.5 Å². The van der Waals surface area contributed by atoms with Crippen molar-refractivity contribution in [3.8, 4) is 39.7 Å². The first-order chi connectivity index (χ1) is 18.6. The van der Waals surface area contributed by atoms with Crippen LogP contribution in [-0.4, -0.2) is 43.6 Å². The average Bonchev–Trinajstić information content (AvgIpc) is 3.67. The third-order valence-corrected chi connectivity index (χ3v) is 7.58. The number of carbonyl (C=O) groups excluding carboxylic acids is 1. The second-order valence-corrected chi connectivity index (χ2v) is 9.97. The molecule has 5 aromatic rings. The molecule has 8 nitrogen and oxygen atoms in total. The van der Waals surface area contributed by atoms with E-state index in [1.54, 1.807) is 13.3 Å². The van der Waals surface area contributed by atoms with Crippen LogP contribution < -0.4 is 10.1 Å². The topological polar surface area (TPSA) is 86.3 Å². The van der Waals surface area contributed by atoms with Gasteiger partial charge < -0.3 is 19.4 Å². The van der Waals surface area contributed by atoms with Crippen LogP contribution in [0, 0.1) is 5.92 Å². The summed E-state index contributed by atoms with van der Waals surface area (Å²) in [6, 6.07) is 16.0. The number of nitrogens with zero attached hydrogens (tertiary/aromatic N) is 5. The molecule has 9 heteroatoms. The molecule has 0 aliphatic heterocycles. The van der Waals surface area contributed by atoms with Crippen molar-refractivity contribution in [2.24, 2.45) is 13.0 Å². The minimum Gasteiger partial charge on any atom is -0.495 e. The lowest BCUT2D eigenvalue weighted by Crippen LogP contribution is -2.18. The first-order valence-corrected chi connectivity index (χ1v) is 13.0. The molecule has 2 aromatic carbocycles. The summed E-state index contributed by atoms with van der Waals surface area (Å²) in [6.07, 6.45) is 9.18. The molecule has 1 aliphatic rings. The largest absolute Gasteiger partial charge is 0.495 e. The Bertz CT molecular complexity index is 1630. The maximum absolute atomic E-state index is 11.5. The summed E-state index contributed by atoms with van der Waals surface area (Å²) in [5.41, 5.74) is 4.54. The van der Waals surface area contributed by atoms with Crippen LogP contribution in [0.2, 0.25) is 5.02 Å². The molecule has 6 rings (SSSR count). The molecule has 0 amide bonds. The van der Waals surface area contributed by atoms with Crippen LogP contribution in [0.4, 0.5) is 5.82 Å². The van der Waals surface area contributed by atoms with E-state index >= 15 is 0 Å². The van der Waals surface area contributed by atoms with Crippen molar-refractivity contribution in [1.82, 2.24) is 24.1 Å². The number of hydrogen-bond donors (Lipinski definition) is 1. The Morgan fingerprint density at radius 3 is 2.66 bits per heavy atom. The first kappa shape index (κ1) is 24.2. The van der Waals surface area contributed by atoms with Gasteiger partial charge in [0.05, 0.1) is 12.1 Å². The fourth-order valence-corrected chi connectivity index (χ4v) is 5.61. The van der Waals surface area contributed by atoms with E-state index in [9.17, 15) is 4.79 Å². The molecule has 1 saturated carbocycles. The molecule has 1 N–H and O–H groups in total. The van der Waals surface area contributed by atoms with Crippen molar-refractivity contribution < 1.29 is 9.53 Å². The van der Waals surface area contributed by atoms with Crippen LogP contribution in [-0.2, 0) is 11.8 Å². The van der Waals surface area contributed by atoms with Gasteiger partial charge in [0.2, 0.25) is 5.82 Å². The SMILES string of the molecule is COc1cccc(-c2cn3nc(-c4nccn4C)nc(N[C@@H]4CC[C@H](C=O)C4)c3c2-c2ccccc2)c1Cl. The van der Waals surface area contributed by atoms with Crippen molar-refractivity contribution in [1.29, 1.82) is 0 Å². The van der Waals surface area contributed by atoms with Gasteiger partial charge in [-0.15, -0.1) is 5.10 Å². The lowest BCUT2D eigenvalue weighted by atomic mass is 9.97. The highest BCUT2D eigenvalue weighted by molar-refractivity contribution is 6.35.